The maximum absolute atomic E-state index is 13.0. The van der Waals surface area contributed by atoms with Crippen LogP contribution in [0.1, 0.15) is 5.69 Å². The molecule has 0 bridgehead atoms. The Morgan fingerprint density at radius 3 is 2.75 bits per heavy atom. The van der Waals surface area contributed by atoms with Gasteiger partial charge in [-0.15, -0.1) is 28.6 Å². The van der Waals surface area contributed by atoms with Crippen LogP contribution in [0.2, 0.25) is 0 Å². The van der Waals surface area contributed by atoms with Gasteiger partial charge in [0.25, 0.3) is 17.7 Å². The molecule has 0 saturated carbocycles. The van der Waals surface area contributed by atoms with Gasteiger partial charge in [0.15, 0.2) is 10.8 Å². The van der Waals surface area contributed by atoms with Crippen molar-refractivity contribution < 1.29 is 39.0 Å². The van der Waals surface area contributed by atoms with E-state index in [1.54, 1.807) is 0 Å². The van der Waals surface area contributed by atoms with Crippen molar-refractivity contribution >= 4 is 75.5 Å². The van der Waals surface area contributed by atoms with Crippen LogP contribution >= 0.6 is 35.0 Å². The molecule has 40 heavy (non-hydrogen) atoms. The number of carboxylic acids is 2. The van der Waals surface area contributed by atoms with Gasteiger partial charge in [0.1, 0.15) is 41.3 Å². The number of nitrogens with one attached hydrogen (secondary N) is 3. The van der Waals surface area contributed by atoms with Gasteiger partial charge in [0.05, 0.1) is 6.20 Å². The fourth-order valence-electron chi connectivity index (χ4n) is 4.00. The smallest absolute Gasteiger partial charge is 0.352 e. The Morgan fingerprint density at radius 1 is 1.32 bits per heavy atom. The Bertz CT molecular complexity index is 1450. The topological polar surface area (TPSA) is 232 Å². The number of carbonyl (C=O) groups excluding carboxylic acids is 3. The number of hydrazine groups is 2. The molecule has 3 amide bonds. The number of aromatic nitrogens is 1. The van der Waals surface area contributed by atoms with Crippen LogP contribution in [0.25, 0.3) is 0 Å². The number of hydrogen-bond donors (Lipinski definition) is 6. The monoisotopic (exact) mass is 609 g/mol. The third-order valence-corrected chi connectivity index (χ3v) is 8.74. The lowest BCUT2D eigenvalue weighted by atomic mass is 10.0. The van der Waals surface area contributed by atoms with Crippen molar-refractivity contribution in [3.05, 3.63) is 46.1 Å². The van der Waals surface area contributed by atoms with Gasteiger partial charge in [-0.2, -0.15) is 0 Å². The SMILES string of the molecule is CO/N=C(\C(=O)N[C@@H]1C(=O)N2C(C(=O)O)=C(CSN3C=C4NC=C(C(=O)O)C(=O)N4N3)CS[C@H]12)c1csc(N)n1. The zero-order chi connectivity index (χ0) is 28.7. The summed E-state index contributed by atoms with van der Waals surface area (Å²) >= 11 is 3.46. The molecule has 7 N–H and O–H groups in total. The van der Waals surface area contributed by atoms with Crippen molar-refractivity contribution in [2.75, 3.05) is 24.3 Å². The summed E-state index contributed by atoms with van der Waals surface area (Å²) in [5.74, 6) is -4.18. The van der Waals surface area contributed by atoms with Gasteiger partial charge in [-0.05, 0) is 17.5 Å². The number of aliphatic carboxylic acids is 2. The number of anilines is 1. The average Bonchev–Trinajstić information content (AvgIpc) is 3.54. The van der Waals surface area contributed by atoms with Crippen molar-refractivity contribution in [1.82, 2.24) is 35.5 Å². The van der Waals surface area contributed by atoms with E-state index in [4.69, 9.17) is 15.7 Å². The van der Waals surface area contributed by atoms with Crippen LogP contribution in [0.5, 0.6) is 0 Å². The molecule has 0 aliphatic carbocycles. The lowest BCUT2D eigenvalue weighted by Gasteiger charge is -2.49. The van der Waals surface area contributed by atoms with Crippen LogP contribution in [-0.4, -0.2) is 94.9 Å². The maximum atomic E-state index is 13.0. The number of oxime groups is 1. The highest BCUT2D eigenvalue weighted by molar-refractivity contribution is 8.00. The predicted octanol–water partition coefficient (Wildman–Crippen LogP) is -1.60. The highest BCUT2D eigenvalue weighted by Gasteiger charge is 2.54. The number of nitrogen functional groups attached to an aromatic ring is 1. The van der Waals surface area contributed by atoms with Crippen LogP contribution in [0.15, 0.2) is 45.6 Å². The van der Waals surface area contributed by atoms with Gasteiger partial charge in [0, 0.05) is 23.1 Å². The fourth-order valence-corrected chi connectivity index (χ4v) is 6.87. The molecule has 4 aliphatic rings. The molecule has 2 atom stereocenters. The molecule has 5 rings (SSSR count). The largest absolute Gasteiger partial charge is 0.477 e. The summed E-state index contributed by atoms with van der Waals surface area (Å²) in [5, 5.41) is 30.1. The summed E-state index contributed by atoms with van der Waals surface area (Å²) in [6, 6.07) is -1.01. The number of thiazole rings is 1. The Labute approximate surface area is 236 Å². The van der Waals surface area contributed by atoms with Gasteiger partial charge in [-0.1, -0.05) is 5.16 Å². The quantitative estimate of drug-likeness (QED) is 0.0608. The number of nitrogens with zero attached hydrogens (tertiary/aromatic N) is 5. The summed E-state index contributed by atoms with van der Waals surface area (Å²) in [5.41, 5.74) is 8.10. The lowest BCUT2D eigenvalue weighted by molar-refractivity contribution is -0.150. The van der Waals surface area contributed by atoms with Gasteiger partial charge in [0.2, 0.25) is 0 Å². The molecule has 1 aromatic heterocycles. The van der Waals surface area contributed by atoms with E-state index in [0.717, 1.165) is 39.4 Å². The van der Waals surface area contributed by atoms with Crippen molar-refractivity contribution in [1.29, 1.82) is 0 Å². The van der Waals surface area contributed by atoms with Gasteiger partial charge in [-0.25, -0.2) is 24.0 Å². The fraction of sp³-hybridized carbons (Fsp3) is 0.250. The van der Waals surface area contributed by atoms with Crippen LogP contribution in [0.3, 0.4) is 0 Å². The molecule has 1 fully saturated rings. The number of carbonyl (C=O) groups is 5. The number of amides is 3. The second-order valence-corrected chi connectivity index (χ2v) is 11.1. The minimum absolute atomic E-state index is 0.121. The molecule has 20 heteroatoms. The van der Waals surface area contributed by atoms with Crippen molar-refractivity contribution in [3.8, 4) is 0 Å². The second-order valence-electron chi connectivity index (χ2n) is 8.17. The van der Waals surface area contributed by atoms with Crippen molar-refractivity contribution in [2.24, 2.45) is 5.16 Å². The van der Waals surface area contributed by atoms with E-state index >= 15 is 0 Å². The molecular formula is C20H19N9O8S3. The minimum atomic E-state index is -1.39. The number of thioether (sulfide) groups is 1. The molecule has 0 unspecified atom stereocenters. The normalized spacial score (nSPS) is 22.1. The minimum Gasteiger partial charge on any atom is -0.477 e. The molecule has 210 valence electrons. The first-order valence-electron chi connectivity index (χ1n) is 11.1. The Balaban J connectivity index is 1.25. The summed E-state index contributed by atoms with van der Waals surface area (Å²) in [4.78, 5) is 71.5. The number of rotatable bonds is 9. The van der Waals surface area contributed by atoms with E-state index < -0.39 is 46.6 Å². The number of nitrogens with two attached hydrogens (primary N) is 1. The zero-order valence-electron chi connectivity index (χ0n) is 20.2. The number of β-lactam (4-membered cyclic amide) rings is 1. The lowest BCUT2D eigenvalue weighted by Crippen LogP contribution is -2.71. The molecule has 1 saturated heterocycles. The Hall–Kier alpha value is -4.27. The number of carboxylic acid groups (broad SMARTS) is 2. The van der Waals surface area contributed by atoms with E-state index in [0.29, 0.717) is 5.57 Å². The molecular weight excluding hydrogens is 590 g/mol. The summed E-state index contributed by atoms with van der Waals surface area (Å²) < 4.78 is 1.41. The average molecular weight is 610 g/mol. The van der Waals surface area contributed by atoms with Crippen LogP contribution in [-0.2, 0) is 28.8 Å². The molecule has 0 spiro atoms. The zero-order valence-corrected chi connectivity index (χ0v) is 22.6. The first-order chi connectivity index (χ1) is 19.1. The molecule has 17 nitrogen and oxygen atoms in total. The third-order valence-electron chi connectivity index (χ3n) is 5.78. The van der Waals surface area contributed by atoms with E-state index in [9.17, 15) is 29.1 Å². The first kappa shape index (κ1) is 27.3. The number of fused-ring (bicyclic) bond motifs is 2. The highest BCUT2D eigenvalue weighted by Crippen LogP contribution is 2.41. The Morgan fingerprint density at radius 2 is 2.10 bits per heavy atom. The summed E-state index contributed by atoms with van der Waals surface area (Å²) in [6.07, 6.45) is 2.57. The standard InChI is InChI=1S/C20H19N9O8S3/c1-37-25-11(9-6-39-20(21)23-9)14(30)24-12-16(32)28-13(19(35)36)7(4-38-17(12)28)5-40-27-3-10-22-2-8(18(33)34)15(31)29(10)26-27/h2-3,6,12,17,22,26H,4-5H2,1H3,(H2,21,23)(H,24,30)(H,33,34)(H,35,36)/b25-11-/t12-,17-/m1/s1. The maximum Gasteiger partial charge on any atom is 0.352 e. The molecule has 1 aromatic rings. The molecule has 5 heterocycles. The highest BCUT2D eigenvalue weighted by atomic mass is 32.2. The van der Waals surface area contributed by atoms with Crippen LogP contribution < -0.4 is 21.9 Å². The van der Waals surface area contributed by atoms with Gasteiger partial charge < -0.3 is 31.4 Å². The van der Waals surface area contributed by atoms with Crippen LogP contribution in [0.4, 0.5) is 5.13 Å². The third kappa shape index (κ3) is 4.80. The summed E-state index contributed by atoms with van der Waals surface area (Å²) in [6.45, 7) is 0. The van der Waals surface area contributed by atoms with E-state index in [2.05, 4.69) is 26.3 Å². The summed E-state index contributed by atoms with van der Waals surface area (Å²) in [7, 11) is 1.25. The second kappa shape index (κ2) is 10.7. The van der Waals surface area contributed by atoms with Crippen molar-refractivity contribution in [2.45, 2.75) is 11.4 Å². The van der Waals surface area contributed by atoms with Crippen molar-refractivity contribution in [3.63, 3.8) is 0 Å². The van der Waals surface area contributed by atoms with Crippen LogP contribution in [0, 0.1) is 0 Å². The molecule has 0 aromatic carbocycles. The molecule has 0 radical (unpaired) electrons. The first-order valence-corrected chi connectivity index (χ1v) is 14.0. The molecule has 4 aliphatic heterocycles. The van der Waals surface area contributed by atoms with E-state index in [1.165, 1.54) is 34.9 Å². The predicted molar refractivity (Wildman–Crippen MR) is 141 cm³/mol. The van der Waals surface area contributed by atoms with Gasteiger partial charge in [-0.3, -0.25) is 19.3 Å². The van der Waals surface area contributed by atoms with E-state index in [1.807, 2.05) is 0 Å². The van der Waals surface area contributed by atoms with E-state index in [-0.39, 0.29) is 39.6 Å². The Kier molecular flexibility index (Phi) is 7.31. The van der Waals surface area contributed by atoms with Gasteiger partial charge >= 0.3 is 11.9 Å². The number of hydrogen-bond acceptors (Lipinski definition) is 15.